The first-order chi connectivity index (χ1) is 7.58. The Balaban J connectivity index is 2.94. The van der Waals surface area contributed by atoms with E-state index in [1.807, 2.05) is 13.0 Å². The highest BCUT2D eigenvalue weighted by atomic mass is 79.9. The smallest absolute Gasteiger partial charge is 0.257 e. The maximum absolute atomic E-state index is 11.0. The fourth-order valence-electron chi connectivity index (χ4n) is 1.25. The number of hydrogen-bond acceptors (Lipinski definition) is 3. The highest BCUT2D eigenvalue weighted by Gasteiger charge is 2.09. The van der Waals surface area contributed by atoms with E-state index in [-0.39, 0.29) is 12.5 Å². The summed E-state index contributed by atoms with van der Waals surface area (Å²) in [7, 11) is 1.53. The molecule has 0 aromatic heterocycles. The number of aryl methyl sites for hydroxylation is 1. The van der Waals surface area contributed by atoms with Crippen LogP contribution in [0.15, 0.2) is 16.6 Å². The van der Waals surface area contributed by atoms with Crippen molar-refractivity contribution in [3.63, 3.8) is 0 Å². The minimum Gasteiger partial charge on any atom is -0.483 e. The number of rotatable bonds is 4. The SMILES string of the molecule is CNC(=O)COc1c(C)cc(Br)cc1C=O. The van der Waals surface area contributed by atoms with Crippen LogP contribution in [-0.4, -0.2) is 25.8 Å². The maximum atomic E-state index is 11.0. The number of halogens is 1. The van der Waals surface area contributed by atoms with E-state index in [0.29, 0.717) is 17.6 Å². The average Bonchev–Trinajstić information content (AvgIpc) is 2.26. The largest absolute Gasteiger partial charge is 0.483 e. The normalized spacial score (nSPS) is 9.69. The molecule has 5 heteroatoms. The van der Waals surface area contributed by atoms with Crippen LogP contribution in [0.5, 0.6) is 5.75 Å². The summed E-state index contributed by atoms with van der Waals surface area (Å²) < 4.78 is 6.11. The highest BCUT2D eigenvalue weighted by molar-refractivity contribution is 9.10. The van der Waals surface area contributed by atoms with Crippen LogP contribution in [0.1, 0.15) is 15.9 Å². The number of carbonyl (C=O) groups is 2. The Kier molecular flexibility index (Phi) is 4.49. The third kappa shape index (κ3) is 3.06. The zero-order valence-electron chi connectivity index (χ0n) is 9.04. The van der Waals surface area contributed by atoms with E-state index in [2.05, 4.69) is 21.2 Å². The van der Waals surface area contributed by atoms with Gasteiger partial charge < -0.3 is 10.1 Å². The molecular weight excluding hydrogens is 274 g/mol. The lowest BCUT2D eigenvalue weighted by Crippen LogP contribution is -2.25. The molecule has 0 fully saturated rings. The Morgan fingerprint density at radius 3 is 2.81 bits per heavy atom. The first kappa shape index (κ1) is 12.7. The van der Waals surface area contributed by atoms with Gasteiger partial charge in [-0.1, -0.05) is 15.9 Å². The Morgan fingerprint density at radius 1 is 1.56 bits per heavy atom. The summed E-state index contributed by atoms with van der Waals surface area (Å²) >= 11 is 3.29. The van der Waals surface area contributed by atoms with Gasteiger partial charge in [0.25, 0.3) is 5.91 Å². The number of ether oxygens (including phenoxy) is 1. The molecule has 1 amide bonds. The zero-order valence-corrected chi connectivity index (χ0v) is 10.6. The predicted molar refractivity (Wildman–Crippen MR) is 63.8 cm³/mol. The third-order valence-corrected chi connectivity index (χ3v) is 2.48. The molecule has 0 unspecified atom stereocenters. The molecular formula is C11H12BrNO3. The monoisotopic (exact) mass is 285 g/mol. The van der Waals surface area contributed by atoms with Gasteiger partial charge in [0.15, 0.2) is 12.9 Å². The zero-order chi connectivity index (χ0) is 12.1. The van der Waals surface area contributed by atoms with Crippen LogP contribution >= 0.6 is 15.9 Å². The van der Waals surface area contributed by atoms with Crippen molar-refractivity contribution in [2.24, 2.45) is 0 Å². The van der Waals surface area contributed by atoms with Crippen molar-refractivity contribution < 1.29 is 14.3 Å². The van der Waals surface area contributed by atoms with Gasteiger partial charge in [-0.2, -0.15) is 0 Å². The van der Waals surface area contributed by atoms with Crippen LogP contribution in [0, 0.1) is 6.92 Å². The molecule has 0 spiro atoms. The van der Waals surface area contributed by atoms with Crippen LogP contribution in [0.25, 0.3) is 0 Å². The molecule has 0 atom stereocenters. The molecule has 16 heavy (non-hydrogen) atoms. The molecule has 0 aliphatic heterocycles. The number of nitrogens with one attached hydrogen (secondary N) is 1. The van der Waals surface area contributed by atoms with Crippen LogP contribution in [-0.2, 0) is 4.79 Å². The van der Waals surface area contributed by atoms with Crippen molar-refractivity contribution in [1.29, 1.82) is 0 Å². The predicted octanol–water partition coefficient (Wildman–Crippen LogP) is 1.69. The Bertz CT molecular complexity index is 418. The summed E-state index contributed by atoms with van der Waals surface area (Å²) in [5, 5.41) is 2.44. The fourth-order valence-corrected chi connectivity index (χ4v) is 1.84. The Labute approximate surface area is 102 Å². The fraction of sp³-hybridized carbons (Fsp3) is 0.273. The molecule has 1 aromatic rings. The molecule has 0 heterocycles. The van der Waals surface area contributed by atoms with Crippen molar-refractivity contribution in [2.45, 2.75) is 6.92 Å². The van der Waals surface area contributed by atoms with Gasteiger partial charge in [-0.3, -0.25) is 9.59 Å². The quantitative estimate of drug-likeness (QED) is 0.857. The van der Waals surface area contributed by atoms with E-state index < -0.39 is 0 Å². The summed E-state index contributed by atoms with van der Waals surface area (Å²) in [6.07, 6.45) is 0.705. The minimum absolute atomic E-state index is 0.0974. The average molecular weight is 286 g/mol. The number of hydrogen-bond donors (Lipinski definition) is 1. The number of likely N-dealkylation sites (N-methyl/N-ethyl adjacent to an activating group) is 1. The van der Waals surface area contributed by atoms with Crippen molar-refractivity contribution in [2.75, 3.05) is 13.7 Å². The number of amides is 1. The van der Waals surface area contributed by atoms with Gasteiger partial charge in [0.2, 0.25) is 0 Å². The van der Waals surface area contributed by atoms with Crippen molar-refractivity contribution in [3.8, 4) is 5.75 Å². The topological polar surface area (TPSA) is 55.4 Å². The molecule has 0 saturated heterocycles. The summed E-state index contributed by atoms with van der Waals surface area (Å²) in [5.41, 5.74) is 1.23. The van der Waals surface area contributed by atoms with Crippen molar-refractivity contribution >= 4 is 28.1 Å². The van der Waals surface area contributed by atoms with E-state index >= 15 is 0 Å². The lowest BCUT2D eigenvalue weighted by atomic mass is 10.1. The molecule has 0 aliphatic rings. The Hall–Kier alpha value is -1.36. The lowest BCUT2D eigenvalue weighted by Gasteiger charge is -2.11. The van der Waals surface area contributed by atoms with Gasteiger partial charge in [0.05, 0.1) is 5.56 Å². The van der Waals surface area contributed by atoms with Crippen LogP contribution < -0.4 is 10.1 Å². The molecule has 1 N–H and O–H groups in total. The van der Waals surface area contributed by atoms with Gasteiger partial charge in [0, 0.05) is 11.5 Å². The van der Waals surface area contributed by atoms with Crippen LogP contribution in [0.3, 0.4) is 0 Å². The maximum Gasteiger partial charge on any atom is 0.257 e. The molecule has 1 rings (SSSR count). The minimum atomic E-state index is -0.237. The molecule has 86 valence electrons. The molecule has 1 aromatic carbocycles. The standard InChI is InChI=1S/C11H12BrNO3/c1-7-3-9(12)4-8(5-14)11(7)16-6-10(15)13-2/h3-5H,6H2,1-2H3,(H,13,15). The van der Waals surface area contributed by atoms with Gasteiger partial charge in [-0.05, 0) is 24.6 Å². The van der Waals surface area contributed by atoms with Gasteiger partial charge >= 0.3 is 0 Å². The molecule has 0 aliphatic carbocycles. The van der Waals surface area contributed by atoms with E-state index in [9.17, 15) is 9.59 Å². The van der Waals surface area contributed by atoms with Crippen LogP contribution in [0.2, 0.25) is 0 Å². The summed E-state index contributed by atoms with van der Waals surface area (Å²) in [5.74, 6) is 0.209. The van der Waals surface area contributed by atoms with E-state index in [4.69, 9.17) is 4.74 Å². The Morgan fingerprint density at radius 2 is 2.25 bits per heavy atom. The van der Waals surface area contributed by atoms with Gasteiger partial charge in [-0.25, -0.2) is 0 Å². The highest BCUT2D eigenvalue weighted by Crippen LogP contribution is 2.26. The number of benzene rings is 1. The van der Waals surface area contributed by atoms with Crippen molar-refractivity contribution in [1.82, 2.24) is 5.32 Å². The second-order valence-corrected chi connectivity index (χ2v) is 4.14. The van der Waals surface area contributed by atoms with Gasteiger partial charge in [-0.15, -0.1) is 0 Å². The molecule has 4 nitrogen and oxygen atoms in total. The molecule has 0 radical (unpaired) electrons. The first-order valence-electron chi connectivity index (χ1n) is 4.67. The summed E-state index contributed by atoms with van der Waals surface area (Å²) in [6, 6.07) is 3.48. The number of aldehydes is 1. The molecule has 0 saturated carbocycles. The van der Waals surface area contributed by atoms with Gasteiger partial charge in [0.1, 0.15) is 5.75 Å². The third-order valence-electron chi connectivity index (χ3n) is 2.02. The second kappa shape index (κ2) is 5.65. The van der Waals surface area contributed by atoms with E-state index in [1.54, 1.807) is 6.07 Å². The van der Waals surface area contributed by atoms with E-state index in [1.165, 1.54) is 7.05 Å². The van der Waals surface area contributed by atoms with Crippen LogP contribution in [0.4, 0.5) is 0 Å². The van der Waals surface area contributed by atoms with Crippen molar-refractivity contribution in [3.05, 3.63) is 27.7 Å². The molecule has 0 bridgehead atoms. The summed E-state index contributed by atoms with van der Waals surface area (Å²) in [4.78, 5) is 21.9. The van der Waals surface area contributed by atoms with E-state index in [0.717, 1.165) is 10.0 Å². The summed E-state index contributed by atoms with van der Waals surface area (Å²) in [6.45, 7) is 1.72. The second-order valence-electron chi connectivity index (χ2n) is 3.22. The number of carbonyl (C=O) groups excluding carboxylic acids is 2. The first-order valence-corrected chi connectivity index (χ1v) is 5.46. The lowest BCUT2D eigenvalue weighted by molar-refractivity contribution is -0.122.